The Balaban J connectivity index is 1.79. The fourth-order valence-electron chi connectivity index (χ4n) is 3.04. The molecule has 0 bridgehead atoms. The lowest BCUT2D eigenvalue weighted by Gasteiger charge is -2.05. The van der Waals surface area contributed by atoms with Crippen molar-refractivity contribution >= 4 is 38.6 Å². The highest BCUT2D eigenvalue weighted by Gasteiger charge is 2.15. The van der Waals surface area contributed by atoms with Gasteiger partial charge < -0.3 is 0 Å². The van der Waals surface area contributed by atoms with Crippen molar-refractivity contribution in [3.63, 3.8) is 0 Å². The second kappa shape index (κ2) is 5.12. The highest BCUT2D eigenvalue weighted by Crippen LogP contribution is 2.36. The van der Waals surface area contributed by atoms with Gasteiger partial charge in [-0.1, -0.05) is 52.3 Å². The van der Waals surface area contributed by atoms with Crippen LogP contribution in [0.5, 0.6) is 0 Å². The Morgan fingerprint density at radius 3 is 2.43 bits per heavy atom. The molecule has 0 radical (unpaired) electrons. The number of aliphatic imine (C=N–C) groups is 1. The fourth-order valence-corrected chi connectivity index (χ4v) is 3.30. The molecule has 3 aromatic carbocycles. The lowest BCUT2D eigenvalue weighted by atomic mass is 10.0. The van der Waals surface area contributed by atoms with Crippen molar-refractivity contribution in [1.82, 2.24) is 0 Å². The molecule has 21 heavy (non-hydrogen) atoms. The Hall–Kier alpha value is -1.93. The van der Waals surface area contributed by atoms with Crippen LogP contribution in [0.3, 0.4) is 0 Å². The minimum atomic E-state index is 1.06. The van der Waals surface area contributed by atoms with E-state index in [1.165, 1.54) is 21.9 Å². The maximum Gasteiger partial charge on any atom is 0.0708 e. The number of benzene rings is 3. The van der Waals surface area contributed by atoms with Gasteiger partial charge >= 0.3 is 0 Å². The first-order valence-electron chi connectivity index (χ1n) is 7.14. The summed E-state index contributed by atoms with van der Waals surface area (Å²) in [7, 11) is 0. The molecular formula is C19H14BrN. The molecule has 4 rings (SSSR count). The van der Waals surface area contributed by atoms with Crippen molar-refractivity contribution in [2.45, 2.75) is 12.8 Å². The smallest absolute Gasteiger partial charge is 0.0708 e. The van der Waals surface area contributed by atoms with Gasteiger partial charge in [0.25, 0.3) is 0 Å². The topological polar surface area (TPSA) is 12.4 Å². The summed E-state index contributed by atoms with van der Waals surface area (Å²) in [5, 5.41) is 2.69. The van der Waals surface area contributed by atoms with Gasteiger partial charge in [0, 0.05) is 16.1 Å². The van der Waals surface area contributed by atoms with Gasteiger partial charge in [-0.15, -0.1) is 0 Å². The van der Waals surface area contributed by atoms with Gasteiger partial charge in [-0.3, -0.25) is 4.99 Å². The normalized spacial score (nSPS) is 13.4. The lowest BCUT2D eigenvalue weighted by Crippen LogP contribution is -1.82. The monoisotopic (exact) mass is 335 g/mol. The predicted molar refractivity (Wildman–Crippen MR) is 92.8 cm³/mol. The summed E-state index contributed by atoms with van der Waals surface area (Å²) in [5.74, 6) is 0. The van der Waals surface area contributed by atoms with Crippen molar-refractivity contribution in [2.75, 3.05) is 0 Å². The summed E-state index contributed by atoms with van der Waals surface area (Å²) in [4.78, 5) is 4.70. The van der Waals surface area contributed by atoms with Gasteiger partial charge in [0.05, 0.1) is 5.69 Å². The molecule has 0 unspecified atom stereocenters. The zero-order valence-electron chi connectivity index (χ0n) is 11.5. The van der Waals surface area contributed by atoms with Crippen LogP contribution in [0.25, 0.3) is 10.8 Å². The first-order chi connectivity index (χ1) is 10.3. The molecule has 2 heteroatoms. The summed E-state index contributed by atoms with van der Waals surface area (Å²) >= 11 is 3.45. The van der Waals surface area contributed by atoms with Crippen LogP contribution in [0.15, 0.2) is 64.1 Å². The summed E-state index contributed by atoms with van der Waals surface area (Å²) in [6.07, 6.45) is 4.25. The first-order valence-corrected chi connectivity index (χ1v) is 7.94. The molecule has 0 amide bonds. The summed E-state index contributed by atoms with van der Waals surface area (Å²) < 4.78 is 1.09. The molecule has 102 valence electrons. The van der Waals surface area contributed by atoms with E-state index in [4.69, 9.17) is 4.99 Å². The molecule has 0 fully saturated rings. The molecule has 0 saturated carbocycles. The maximum absolute atomic E-state index is 4.70. The van der Waals surface area contributed by atoms with Crippen LogP contribution in [0.1, 0.15) is 16.7 Å². The number of nitrogens with zero attached hydrogens (tertiary/aromatic N) is 1. The van der Waals surface area contributed by atoms with Crippen LogP contribution in [0, 0.1) is 0 Å². The zero-order valence-corrected chi connectivity index (χ0v) is 13.1. The Kier molecular flexibility index (Phi) is 3.12. The summed E-state index contributed by atoms with van der Waals surface area (Å²) in [5.41, 5.74) is 5.09. The molecule has 0 saturated heterocycles. The predicted octanol–water partition coefficient (Wildman–Crippen LogP) is 5.45. The van der Waals surface area contributed by atoms with Crippen molar-refractivity contribution in [3.8, 4) is 0 Å². The third-order valence-electron chi connectivity index (χ3n) is 4.08. The van der Waals surface area contributed by atoms with Crippen molar-refractivity contribution in [1.29, 1.82) is 0 Å². The number of hydrogen-bond acceptors (Lipinski definition) is 1. The quantitative estimate of drug-likeness (QED) is 0.552. The number of aryl methyl sites for hydroxylation is 2. The molecule has 0 spiro atoms. The molecule has 0 aromatic heterocycles. The molecule has 0 aliphatic heterocycles. The van der Waals surface area contributed by atoms with Crippen molar-refractivity contribution in [2.24, 2.45) is 4.99 Å². The summed E-state index contributed by atoms with van der Waals surface area (Å²) in [6, 6.07) is 19.1. The molecule has 3 aromatic rings. The van der Waals surface area contributed by atoms with Crippen LogP contribution in [-0.2, 0) is 12.8 Å². The second-order valence-electron chi connectivity index (χ2n) is 5.39. The van der Waals surface area contributed by atoms with E-state index in [1.807, 2.05) is 18.3 Å². The van der Waals surface area contributed by atoms with E-state index in [0.29, 0.717) is 0 Å². The third kappa shape index (κ3) is 2.30. The molecular weight excluding hydrogens is 322 g/mol. The number of hydrogen-bond donors (Lipinski definition) is 0. The molecule has 0 N–H and O–H groups in total. The number of halogens is 1. The fraction of sp³-hybridized carbons (Fsp3) is 0.105. The minimum Gasteiger partial charge on any atom is -0.256 e. The molecule has 1 aliphatic rings. The maximum atomic E-state index is 4.70. The Labute approximate surface area is 132 Å². The lowest BCUT2D eigenvalue weighted by molar-refractivity contribution is 1.02. The highest BCUT2D eigenvalue weighted by molar-refractivity contribution is 9.10. The van der Waals surface area contributed by atoms with Gasteiger partial charge in [0.2, 0.25) is 0 Å². The third-order valence-corrected chi connectivity index (χ3v) is 4.61. The van der Waals surface area contributed by atoms with E-state index < -0.39 is 0 Å². The molecule has 0 heterocycles. The van der Waals surface area contributed by atoms with Crippen molar-refractivity contribution in [3.05, 3.63) is 75.8 Å². The van der Waals surface area contributed by atoms with E-state index in [-0.39, 0.29) is 0 Å². The van der Waals surface area contributed by atoms with E-state index >= 15 is 0 Å². The minimum absolute atomic E-state index is 1.06. The molecule has 1 nitrogen and oxygen atoms in total. The van der Waals surface area contributed by atoms with E-state index in [0.717, 1.165) is 28.6 Å². The average Bonchev–Trinajstić information content (AvgIpc) is 2.94. The Bertz CT molecular complexity index is 837. The highest BCUT2D eigenvalue weighted by atomic mass is 79.9. The van der Waals surface area contributed by atoms with Gasteiger partial charge in [-0.2, -0.15) is 0 Å². The summed E-state index contributed by atoms with van der Waals surface area (Å²) in [6.45, 7) is 0. The van der Waals surface area contributed by atoms with E-state index in [2.05, 4.69) is 58.4 Å². The average molecular weight is 336 g/mol. The van der Waals surface area contributed by atoms with Crippen molar-refractivity contribution < 1.29 is 0 Å². The standard InChI is InChI=1S/C19H14BrN/c20-16-9-4-13(5-10-16)12-21-18-11-8-15-7-6-14-2-1-3-17(18)19(14)15/h1-5,8-12H,6-7H2. The van der Waals surface area contributed by atoms with E-state index in [1.54, 1.807) is 0 Å². The van der Waals surface area contributed by atoms with Gasteiger partial charge in [0.1, 0.15) is 0 Å². The van der Waals surface area contributed by atoms with E-state index in [9.17, 15) is 0 Å². The molecule has 1 aliphatic carbocycles. The SMILES string of the molecule is Brc1ccc(C=Nc2ccc3c4c(cccc24)CC3)cc1. The van der Waals surface area contributed by atoms with Gasteiger partial charge in [-0.05, 0) is 53.1 Å². The Morgan fingerprint density at radius 1 is 0.857 bits per heavy atom. The largest absolute Gasteiger partial charge is 0.256 e. The van der Waals surface area contributed by atoms with Gasteiger partial charge in [0.15, 0.2) is 0 Å². The van der Waals surface area contributed by atoms with Crippen LogP contribution >= 0.6 is 15.9 Å². The van der Waals surface area contributed by atoms with Gasteiger partial charge in [-0.25, -0.2) is 0 Å². The Morgan fingerprint density at radius 2 is 1.62 bits per heavy atom. The van der Waals surface area contributed by atoms with Crippen LogP contribution in [0.4, 0.5) is 5.69 Å². The van der Waals surface area contributed by atoms with Crippen LogP contribution in [0.2, 0.25) is 0 Å². The van der Waals surface area contributed by atoms with Crippen LogP contribution in [-0.4, -0.2) is 6.21 Å². The molecule has 0 atom stereocenters. The first kappa shape index (κ1) is 12.8. The number of rotatable bonds is 2. The second-order valence-corrected chi connectivity index (χ2v) is 6.31. The zero-order chi connectivity index (χ0) is 14.2. The van der Waals surface area contributed by atoms with Crippen LogP contribution < -0.4 is 0 Å².